The van der Waals surface area contributed by atoms with Gasteiger partial charge in [0.15, 0.2) is 0 Å². The van der Waals surface area contributed by atoms with Gasteiger partial charge in [0.2, 0.25) is 0 Å². The minimum atomic E-state index is -0.179. The summed E-state index contributed by atoms with van der Waals surface area (Å²) in [6.07, 6.45) is 0.853. The Hall–Kier alpha value is -2.29. The summed E-state index contributed by atoms with van der Waals surface area (Å²) in [5.41, 5.74) is 1.91. The molecule has 3 heteroatoms. The lowest BCUT2D eigenvalue weighted by Crippen LogP contribution is -2.32. The lowest BCUT2D eigenvalue weighted by Gasteiger charge is -2.17. The summed E-state index contributed by atoms with van der Waals surface area (Å²) in [7, 11) is 0. The van der Waals surface area contributed by atoms with Crippen LogP contribution in [0.5, 0.6) is 0 Å². The van der Waals surface area contributed by atoms with Crippen molar-refractivity contribution in [2.24, 2.45) is 0 Å². The second-order valence-electron chi connectivity index (χ2n) is 4.34. The minimum Gasteiger partial charge on any atom is -0.331 e. The van der Waals surface area contributed by atoms with E-state index < -0.39 is 0 Å². The molecule has 0 saturated heterocycles. The molecule has 0 spiro atoms. The predicted molar refractivity (Wildman–Crippen MR) is 78.1 cm³/mol. The van der Waals surface area contributed by atoms with Gasteiger partial charge in [0.05, 0.1) is 6.04 Å². The molecule has 0 aromatic heterocycles. The molecular weight excluding hydrogens is 236 g/mol. The van der Waals surface area contributed by atoms with Crippen molar-refractivity contribution < 1.29 is 4.79 Å². The van der Waals surface area contributed by atoms with Crippen molar-refractivity contribution in [1.29, 1.82) is 0 Å². The molecular formula is C16H18N2O. The van der Waals surface area contributed by atoms with Crippen LogP contribution in [0.15, 0.2) is 60.7 Å². The zero-order valence-electron chi connectivity index (χ0n) is 11.0. The maximum Gasteiger partial charge on any atom is 0.319 e. The maximum absolute atomic E-state index is 11.9. The number of anilines is 1. The van der Waals surface area contributed by atoms with Gasteiger partial charge in [-0.25, -0.2) is 4.79 Å². The summed E-state index contributed by atoms with van der Waals surface area (Å²) in [6.45, 7) is 2.06. The number of benzene rings is 2. The Bertz CT molecular complexity index is 511. The molecule has 2 rings (SSSR count). The first kappa shape index (κ1) is 13.1. The van der Waals surface area contributed by atoms with Crippen LogP contribution in [0.3, 0.4) is 0 Å². The summed E-state index contributed by atoms with van der Waals surface area (Å²) < 4.78 is 0. The number of carbonyl (C=O) groups excluding carboxylic acids is 1. The Morgan fingerprint density at radius 2 is 1.58 bits per heavy atom. The van der Waals surface area contributed by atoms with Crippen molar-refractivity contribution >= 4 is 11.7 Å². The first-order chi connectivity index (χ1) is 9.29. The molecule has 0 aliphatic carbocycles. The van der Waals surface area contributed by atoms with E-state index in [0.29, 0.717) is 0 Å². The highest BCUT2D eigenvalue weighted by molar-refractivity contribution is 5.89. The lowest BCUT2D eigenvalue weighted by molar-refractivity contribution is 0.248. The lowest BCUT2D eigenvalue weighted by atomic mass is 10.1. The van der Waals surface area contributed by atoms with Gasteiger partial charge < -0.3 is 10.6 Å². The van der Waals surface area contributed by atoms with E-state index in [0.717, 1.165) is 17.7 Å². The molecule has 0 unspecified atom stereocenters. The summed E-state index contributed by atoms with van der Waals surface area (Å²) >= 11 is 0. The molecule has 3 nitrogen and oxygen atoms in total. The zero-order chi connectivity index (χ0) is 13.5. The molecule has 0 bridgehead atoms. The molecule has 2 N–H and O–H groups in total. The summed E-state index contributed by atoms with van der Waals surface area (Å²) in [4.78, 5) is 11.9. The number of hydrogen-bond acceptors (Lipinski definition) is 1. The minimum absolute atomic E-state index is 0.0323. The second kappa shape index (κ2) is 6.59. The van der Waals surface area contributed by atoms with Crippen molar-refractivity contribution in [2.75, 3.05) is 5.32 Å². The molecule has 0 aliphatic rings. The van der Waals surface area contributed by atoms with Crippen molar-refractivity contribution in [1.82, 2.24) is 5.32 Å². The van der Waals surface area contributed by atoms with Gasteiger partial charge in [-0.05, 0) is 24.1 Å². The molecule has 0 saturated carbocycles. The third-order valence-electron chi connectivity index (χ3n) is 2.95. The van der Waals surface area contributed by atoms with Crippen LogP contribution in [-0.4, -0.2) is 6.03 Å². The molecule has 19 heavy (non-hydrogen) atoms. The Morgan fingerprint density at radius 3 is 2.16 bits per heavy atom. The van der Waals surface area contributed by atoms with E-state index in [2.05, 4.69) is 17.6 Å². The third-order valence-corrected chi connectivity index (χ3v) is 2.95. The molecule has 2 aromatic carbocycles. The molecule has 98 valence electrons. The van der Waals surface area contributed by atoms with Gasteiger partial charge in [-0.3, -0.25) is 0 Å². The molecule has 0 fully saturated rings. The van der Waals surface area contributed by atoms with E-state index in [1.165, 1.54) is 0 Å². The number of carbonyl (C=O) groups is 1. The van der Waals surface area contributed by atoms with Crippen LogP contribution >= 0.6 is 0 Å². The van der Waals surface area contributed by atoms with Crippen molar-refractivity contribution in [2.45, 2.75) is 19.4 Å². The number of hydrogen-bond donors (Lipinski definition) is 2. The normalized spacial score (nSPS) is 11.6. The van der Waals surface area contributed by atoms with Crippen LogP contribution in [0, 0.1) is 0 Å². The van der Waals surface area contributed by atoms with Crippen LogP contribution in [0.2, 0.25) is 0 Å². The van der Waals surface area contributed by atoms with Crippen LogP contribution in [0.4, 0.5) is 10.5 Å². The number of amides is 2. The Morgan fingerprint density at radius 1 is 1.00 bits per heavy atom. The smallest absolute Gasteiger partial charge is 0.319 e. The average Bonchev–Trinajstić information content (AvgIpc) is 2.47. The predicted octanol–water partition coefficient (Wildman–Crippen LogP) is 3.96. The largest absolute Gasteiger partial charge is 0.331 e. The topological polar surface area (TPSA) is 41.1 Å². The van der Waals surface area contributed by atoms with Crippen molar-refractivity contribution in [3.8, 4) is 0 Å². The van der Waals surface area contributed by atoms with E-state index in [4.69, 9.17) is 0 Å². The van der Waals surface area contributed by atoms with Gasteiger partial charge in [-0.2, -0.15) is 0 Å². The number of nitrogens with one attached hydrogen (secondary N) is 2. The molecule has 0 radical (unpaired) electrons. The highest BCUT2D eigenvalue weighted by Crippen LogP contribution is 2.16. The third kappa shape index (κ3) is 3.85. The molecule has 2 aromatic rings. The first-order valence-electron chi connectivity index (χ1n) is 6.47. The van der Waals surface area contributed by atoms with Crippen LogP contribution in [0.1, 0.15) is 24.9 Å². The highest BCUT2D eigenvalue weighted by Gasteiger charge is 2.11. The Kier molecular flexibility index (Phi) is 4.56. The summed E-state index contributed by atoms with van der Waals surface area (Å²) in [5, 5.41) is 5.81. The van der Waals surface area contributed by atoms with Crippen molar-refractivity contribution in [3.63, 3.8) is 0 Å². The van der Waals surface area contributed by atoms with E-state index in [9.17, 15) is 4.79 Å². The van der Waals surface area contributed by atoms with E-state index in [1.807, 2.05) is 60.7 Å². The molecule has 1 atom stereocenters. The number of urea groups is 1. The quantitative estimate of drug-likeness (QED) is 0.852. The summed E-state index contributed by atoms with van der Waals surface area (Å²) in [6, 6.07) is 19.3. The van der Waals surface area contributed by atoms with Gasteiger partial charge in [0.1, 0.15) is 0 Å². The van der Waals surface area contributed by atoms with E-state index >= 15 is 0 Å². The highest BCUT2D eigenvalue weighted by atomic mass is 16.2. The van der Waals surface area contributed by atoms with Gasteiger partial charge in [-0.15, -0.1) is 0 Å². The van der Waals surface area contributed by atoms with Gasteiger partial charge in [0, 0.05) is 5.69 Å². The fourth-order valence-corrected chi connectivity index (χ4v) is 1.95. The first-order valence-corrected chi connectivity index (χ1v) is 6.47. The van der Waals surface area contributed by atoms with Gasteiger partial charge in [0.25, 0.3) is 0 Å². The fraction of sp³-hybridized carbons (Fsp3) is 0.188. The molecule has 2 amide bonds. The fourth-order valence-electron chi connectivity index (χ4n) is 1.95. The Labute approximate surface area is 113 Å². The van der Waals surface area contributed by atoms with Crippen molar-refractivity contribution in [3.05, 3.63) is 66.2 Å². The SMILES string of the molecule is CC[C@H](NC(=O)Nc1ccccc1)c1ccccc1. The van der Waals surface area contributed by atoms with Gasteiger partial charge in [-0.1, -0.05) is 55.5 Å². The number of para-hydroxylation sites is 1. The number of rotatable bonds is 4. The van der Waals surface area contributed by atoms with Crippen LogP contribution in [-0.2, 0) is 0 Å². The average molecular weight is 254 g/mol. The monoisotopic (exact) mass is 254 g/mol. The Balaban J connectivity index is 1.97. The van der Waals surface area contributed by atoms with Gasteiger partial charge >= 0.3 is 6.03 Å². The summed E-state index contributed by atoms with van der Waals surface area (Å²) in [5.74, 6) is 0. The van der Waals surface area contributed by atoms with E-state index in [-0.39, 0.29) is 12.1 Å². The van der Waals surface area contributed by atoms with E-state index in [1.54, 1.807) is 0 Å². The molecule has 0 aliphatic heterocycles. The molecule has 0 heterocycles. The maximum atomic E-state index is 11.9. The van der Waals surface area contributed by atoms with Crippen LogP contribution < -0.4 is 10.6 Å². The zero-order valence-corrected chi connectivity index (χ0v) is 11.0. The second-order valence-corrected chi connectivity index (χ2v) is 4.34. The van der Waals surface area contributed by atoms with Crippen LogP contribution in [0.25, 0.3) is 0 Å². The standard InChI is InChI=1S/C16H18N2O/c1-2-15(13-9-5-3-6-10-13)18-16(19)17-14-11-7-4-8-12-14/h3-12,15H,2H2,1H3,(H2,17,18,19)/t15-/m0/s1.